The fourth-order valence-corrected chi connectivity index (χ4v) is 2.84. The van der Waals surface area contributed by atoms with Gasteiger partial charge in [-0.2, -0.15) is 0 Å². The topological polar surface area (TPSA) is 128 Å². The standard InChI is InChI=1S/C18H35NO7/c1-2-3-4-5-6-9-14(21)19-10-7-8-11-25-18-17(24)16(23)15(22)13(12-20)26-18/h13,15-18,20,22-24H,2-12H2,1H3,(H,19,21)/t13-,15-,16+,17+,18+/m1/s1. The second-order valence-corrected chi connectivity index (χ2v) is 6.79. The van der Waals surface area contributed by atoms with Gasteiger partial charge in [-0.3, -0.25) is 4.79 Å². The summed E-state index contributed by atoms with van der Waals surface area (Å²) in [5.41, 5.74) is 0. The van der Waals surface area contributed by atoms with Crippen molar-refractivity contribution < 1.29 is 34.7 Å². The molecule has 154 valence electrons. The molecule has 0 bridgehead atoms. The van der Waals surface area contributed by atoms with Crippen LogP contribution in [0.4, 0.5) is 0 Å². The molecule has 26 heavy (non-hydrogen) atoms. The molecule has 0 aromatic heterocycles. The van der Waals surface area contributed by atoms with Crippen molar-refractivity contribution in [2.75, 3.05) is 19.8 Å². The van der Waals surface area contributed by atoms with E-state index < -0.39 is 37.3 Å². The number of hydrogen-bond acceptors (Lipinski definition) is 7. The van der Waals surface area contributed by atoms with Gasteiger partial charge < -0.3 is 35.2 Å². The number of rotatable bonds is 13. The third kappa shape index (κ3) is 8.28. The lowest BCUT2D eigenvalue weighted by atomic mass is 9.99. The van der Waals surface area contributed by atoms with E-state index in [2.05, 4.69) is 12.2 Å². The molecular formula is C18H35NO7. The minimum Gasteiger partial charge on any atom is -0.394 e. The maximum atomic E-state index is 11.7. The van der Waals surface area contributed by atoms with Gasteiger partial charge in [0.1, 0.15) is 24.4 Å². The summed E-state index contributed by atoms with van der Waals surface area (Å²) in [5, 5.41) is 41.2. The van der Waals surface area contributed by atoms with E-state index in [0.29, 0.717) is 19.4 Å². The smallest absolute Gasteiger partial charge is 0.219 e. The Hall–Kier alpha value is -0.770. The summed E-state index contributed by atoms with van der Waals surface area (Å²) in [6, 6.07) is 0. The highest BCUT2D eigenvalue weighted by Gasteiger charge is 2.43. The molecule has 0 saturated carbocycles. The predicted octanol–water partition coefficient (Wildman–Crippen LogP) is 0.0598. The first-order chi connectivity index (χ1) is 12.5. The van der Waals surface area contributed by atoms with Crippen LogP contribution in [-0.4, -0.2) is 76.8 Å². The number of hydrogen-bond donors (Lipinski definition) is 5. The molecule has 0 aromatic rings. The van der Waals surface area contributed by atoms with Crippen LogP contribution < -0.4 is 5.32 Å². The normalized spacial score (nSPS) is 28.9. The van der Waals surface area contributed by atoms with Gasteiger partial charge in [-0.1, -0.05) is 32.6 Å². The molecule has 1 fully saturated rings. The highest BCUT2D eigenvalue weighted by molar-refractivity contribution is 5.75. The Balaban J connectivity index is 2.07. The molecule has 1 aliphatic rings. The molecule has 8 nitrogen and oxygen atoms in total. The molecule has 5 atom stereocenters. The quantitative estimate of drug-likeness (QED) is 0.287. The summed E-state index contributed by atoms with van der Waals surface area (Å²) < 4.78 is 10.6. The Labute approximate surface area is 155 Å². The van der Waals surface area contributed by atoms with Crippen LogP contribution in [0.5, 0.6) is 0 Å². The summed E-state index contributed by atoms with van der Waals surface area (Å²) in [5.74, 6) is 0.0661. The summed E-state index contributed by atoms with van der Waals surface area (Å²) >= 11 is 0. The van der Waals surface area contributed by atoms with Crippen molar-refractivity contribution in [1.82, 2.24) is 5.32 Å². The van der Waals surface area contributed by atoms with E-state index in [0.717, 1.165) is 19.3 Å². The lowest BCUT2D eigenvalue weighted by molar-refractivity contribution is -0.301. The second-order valence-electron chi connectivity index (χ2n) is 6.79. The van der Waals surface area contributed by atoms with Crippen LogP contribution >= 0.6 is 0 Å². The Kier molecular flexibility index (Phi) is 12.0. The van der Waals surface area contributed by atoms with E-state index in [9.17, 15) is 20.1 Å². The van der Waals surface area contributed by atoms with Gasteiger partial charge >= 0.3 is 0 Å². The number of aliphatic hydroxyl groups is 4. The third-order valence-corrected chi connectivity index (χ3v) is 4.53. The van der Waals surface area contributed by atoms with Gasteiger partial charge in [-0.25, -0.2) is 0 Å². The molecule has 1 saturated heterocycles. The summed E-state index contributed by atoms with van der Waals surface area (Å²) in [6.45, 7) is 2.52. The second kappa shape index (κ2) is 13.4. The number of ether oxygens (including phenoxy) is 2. The van der Waals surface area contributed by atoms with Gasteiger partial charge in [0.25, 0.3) is 0 Å². The molecule has 0 aromatic carbocycles. The summed E-state index contributed by atoms with van der Waals surface area (Å²) in [4.78, 5) is 11.7. The lowest BCUT2D eigenvalue weighted by Gasteiger charge is -2.39. The fourth-order valence-electron chi connectivity index (χ4n) is 2.84. The molecule has 0 spiro atoms. The molecule has 1 heterocycles. The molecule has 0 aliphatic carbocycles. The van der Waals surface area contributed by atoms with Crippen molar-refractivity contribution in [1.29, 1.82) is 0 Å². The van der Waals surface area contributed by atoms with Crippen LogP contribution in [0.15, 0.2) is 0 Å². The summed E-state index contributed by atoms with van der Waals surface area (Å²) in [6.07, 6.45) is 1.29. The Morgan fingerprint density at radius 2 is 1.73 bits per heavy atom. The Morgan fingerprint density at radius 1 is 1.00 bits per heavy atom. The molecule has 1 amide bonds. The van der Waals surface area contributed by atoms with Gasteiger partial charge in [-0.15, -0.1) is 0 Å². The number of unbranched alkanes of at least 4 members (excludes halogenated alkanes) is 5. The highest BCUT2D eigenvalue weighted by atomic mass is 16.7. The molecule has 0 unspecified atom stereocenters. The van der Waals surface area contributed by atoms with Crippen LogP contribution in [0.25, 0.3) is 0 Å². The number of amides is 1. The van der Waals surface area contributed by atoms with E-state index in [-0.39, 0.29) is 12.5 Å². The zero-order valence-electron chi connectivity index (χ0n) is 15.7. The van der Waals surface area contributed by atoms with Crippen molar-refractivity contribution in [3.05, 3.63) is 0 Å². The predicted molar refractivity (Wildman–Crippen MR) is 95.3 cm³/mol. The number of carbonyl (C=O) groups is 1. The minimum atomic E-state index is -1.43. The zero-order chi connectivity index (χ0) is 19.4. The number of nitrogens with one attached hydrogen (secondary N) is 1. The van der Waals surface area contributed by atoms with Gasteiger partial charge in [0.05, 0.1) is 6.61 Å². The van der Waals surface area contributed by atoms with E-state index in [1.54, 1.807) is 0 Å². The van der Waals surface area contributed by atoms with E-state index >= 15 is 0 Å². The Morgan fingerprint density at radius 3 is 2.42 bits per heavy atom. The highest BCUT2D eigenvalue weighted by Crippen LogP contribution is 2.22. The average Bonchev–Trinajstić information content (AvgIpc) is 2.64. The average molecular weight is 377 g/mol. The number of carbonyl (C=O) groups excluding carboxylic acids is 1. The van der Waals surface area contributed by atoms with Crippen LogP contribution in [0, 0.1) is 0 Å². The molecule has 5 N–H and O–H groups in total. The fraction of sp³-hybridized carbons (Fsp3) is 0.944. The Bertz CT molecular complexity index is 381. The largest absolute Gasteiger partial charge is 0.394 e. The number of aliphatic hydroxyl groups excluding tert-OH is 4. The monoisotopic (exact) mass is 377 g/mol. The molecule has 0 radical (unpaired) electrons. The third-order valence-electron chi connectivity index (χ3n) is 4.53. The first kappa shape index (κ1) is 23.3. The van der Waals surface area contributed by atoms with E-state index in [1.807, 2.05) is 0 Å². The van der Waals surface area contributed by atoms with Crippen LogP contribution in [0.3, 0.4) is 0 Å². The zero-order valence-corrected chi connectivity index (χ0v) is 15.7. The van der Waals surface area contributed by atoms with Crippen molar-refractivity contribution in [3.63, 3.8) is 0 Å². The van der Waals surface area contributed by atoms with Crippen molar-refractivity contribution in [2.45, 2.75) is 89.0 Å². The maximum absolute atomic E-state index is 11.7. The molecule has 8 heteroatoms. The van der Waals surface area contributed by atoms with Gasteiger partial charge in [0, 0.05) is 19.6 Å². The molecular weight excluding hydrogens is 342 g/mol. The van der Waals surface area contributed by atoms with E-state index in [4.69, 9.17) is 14.6 Å². The van der Waals surface area contributed by atoms with Gasteiger partial charge in [-0.05, 0) is 19.3 Å². The van der Waals surface area contributed by atoms with Gasteiger partial charge in [0.15, 0.2) is 6.29 Å². The molecule has 1 rings (SSSR count). The SMILES string of the molecule is CCCCCCCC(=O)NCCCCO[C@H]1O[C@H](CO)[C@@H](O)[C@H](O)[C@@H]1O. The van der Waals surface area contributed by atoms with Gasteiger partial charge in [0.2, 0.25) is 5.91 Å². The lowest BCUT2D eigenvalue weighted by Crippen LogP contribution is -2.59. The van der Waals surface area contributed by atoms with Crippen molar-refractivity contribution >= 4 is 5.91 Å². The minimum absolute atomic E-state index is 0.0661. The van der Waals surface area contributed by atoms with E-state index in [1.165, 1.54) is 19.3 Å². The molecule has 1 aliphatic heterocycles. The first-order valence-corrected chi connectivity index (χ1v) is 9.70. The van der Waals surface area contributed by atoms with Crippen LogP contribution in [0.1, 0.15) is 58.3 Å². The van der Waals surface area contributed by atoms with Crippen LogP contribution in [0.2, 0.25) is 0 Å². The summed E-state index contributed by atoms with van der Waals surface area (Å²) in [7, 11) is 0. The van der Waals surface area contributed by atoms with Crippen molar-refractivity contribution in [3.8, 4) is 0 Å². The maximum Gasteiger partial charge on any atom is 0.219 e. The van der Waals surface area contributed by atoms with Crippen molar-refractivity contribution in [2.24, 2.45) is 0 Å². The first-order valence-electron chi connectivity index (χ1n) is 9.70. The van der Waals surface area contributed by atoms with Crippen LogP contribution in [-0.2, 0) is 14.3 Å².